The maximum absolute atomic E-state index is 16.2. The van der Waals surface area contributed by atoms with Crippen LogP contribution in [0.3, 0.4) is 0 Å². The molecule has 1 aliphatic carbocycles. The molecule has 1 saturated carbocycles. The molecule has 0 radical (unpaired) electrons. The first-order valence-electron chi connectivity index (χ1n) is 22.0. The fourth-order valence-electron chi connectivity index (χ4n) is 9.75. The average molecular weight is 850 g/mol. The average Bonchev–Trinajstić information content (AvgIpc) is 3.25. The Balaban J connectivity index is 1.74. The number of hydrogen-bond acceptors (Lipinski definition) is 12. The van der Waals surface area contributed by atoms with Gasteiger partial charge in [-0.15, -0.1) is 0 Å². The van der Waals surface area contributed by atoms with Crippen molar-refractivity contribution in [1.29, 1.82) is 0 Å². The first-order valence-corrected chi connectivity index (χ1v) is 22.0. The summed E-state index contributed by atoms with van der Waals surface area (Å²) in [5, 5.41) is 15.0. The molecule has 4 rings (SSSR count). The summed E-state index contributed by atoms with van der Waals surface area (Å²) in [7, 11) is 4.51. The SMILES string of the molecule is CCC1C=C(C)C(F)C(C)CC(OC)C2OC(O)(C(=O)C(=O)N3CCCCC3C(=O)OC(C(C)=CC3CCC(NC(=O)CN)C(OC)C3)C(C)CCC1=O)C(C)CC2OC. The lowest BCUT2D eigenvalue weighted by Crippen LogP contribution is -2.64. The monoisotopic (exact) mass is 850 g/mol. The van der Waals surface area contributed by atoms with Crippen molar-refractivity contribution in [3.8, 4) is 0 Å². The van der Waals surface area contributed by atoms with Gasteiger partial charge in [0.25, 0.3) is 11.7 Å². The maximum Gasteiger partial charge on any atom is 0.329 e. The van der Waals surface area contributed by atoms with E-state index < -0.39 is 77.8 Å². The predicted octanol–water partition coefficient (Wildman–Crippen LogP) is 4.53. The summed E-state index contributed by atoms with van der Waals surface area (Å²) < 4.78 is 46.1. The molecule has 14 atom stereocenters. The molecule has 14 nitrogen and oxygen atoms in total. The number of esters is 1. The van der Waals surface area contributed by atoms with Crippen LogP contribution in [0.2, 0.25) is 0 Å². The number of nitrogens with two attached hydrogens (primary N) is 1. The Hall–Kier alpha value is -3.08. The molecule has 2 amide bonds. The molecule has 4 N–H and O–H groups in total. The number of methoxy groups -OCH3 is 3. The fourth-order valence-corrected chi connectivity index (χ4v) is 9.75. The predicted molar refractivity (Wildman–Crippen MR) is 222 cm³/mol. The van der Waals surface area contributed by atoms with Crippen molar-refractivity contribution >= 4 is 29.4 Å². The molecule has 15 heteroatoms. The summed E-state index contributed by atoms with van der Waals surface area (Å²) in [6, 6.07) is -1.30. The molecule has 3 fully saturated rings. The second kappa shape index (κ2) is 22.3. The molecule has 3 heterocycles. The normalized spacial score (nSPS) is 38.6. The van der Waals surface area contributed by atoms with Gasteiger partial charge in [-0.05, 0) is 107 Å². The van der Waals surface area contributed by atoms with E-state index in [0.717, 1.165) is 12.0 Å². The summed E-state index contributed by atoms with van der Waals surface area (Å²) >= 11 is 0. The highest BCUT2D eigenvalue weighted by Gasteiger charge is 2.56. The van der Waals surface area contributed by atoms with Crippen LogP contribution in [0.25, 0.3) is 0 Å². The molecule has 0 aromatic heterocycles. The van der Waals surface area contributed by atoms with E-state index in [1.165, 1.54) is 19.1 Å². The number of fused-ring (bicyclic) bond motifs is 3. The number of piperidine rings is 1. The molecule has 2 saturated heterocycles. The quantitative estimate of drug-likeness (QED) is 0.176. The molecular formula is C45H72FN3O11. The standard InChI is InChI=1S/C45H72FN3O11/c1-10-31-20-26(3)39(46)27(4)21-36(57-8)41-37(58-9)22-29(6)45(55,60-41)42(52)43(53)49-18-12-11-13-33(49)44(54)59-40(25(2)14-17-34(31)50)28(5)19-30-15-16-32(35(23-30)56-7)48-38(51)24-47/h19-20,25,27,29-33,35-37,39-41,55H,10-18,21-24,47H2,1-9H3,(H,48,51). The lowest BCUT2D eigenvalue weighted by Gasteiger charge is -2.47. The molecule has 60 heavy (non-hydrogen) atoms. The van der Waals surface area contributed by atoms with Crippen LogP contribution in [0, 0.1) is 29.6 Å². The van der Waals surface area contributed by atoms with Crippen molar-refractivity contribution < 1.29 is 57.2 Å². The number of allylic oxidation sites excluding steroid dienone is 3. The van der Waals surface area contributed by atoms with Crippen LogP contribution in [0.15, 0.2) is 23.3 Å². The van der Waals surface area contributed by atoms with Gasteiger partial charge in [0.1, 0.15) is 30.2 Å². The number of halogens is 1. The highest BCUT2D eigenvalue weighted by atomic mass is 19.1. The fraction of sp³-hybridized carbons (Fsp3) is 0.800. The largest absolute Gasteiger partial charge is 0.456 e. The summed E-state index contributed by atoms with van der Waals surface area (Å²) in [6.07, 6.45) is 3.35. The number of ether oxygens (including phenoxy) is 5. The minimum Gasteiger partial charge on any atom is -0.456 e. The number of alkyl halides is 1. The summed E-state index contributed by atoms with van der Waals surface area (Å²) in [6.45, 7) is 10.6. The van der Waals surface area contributed by atoms with Crippen molar-refractivity contribution in [3.63, 3.8) is 0 Å². The number of carbonyl (C=O) groups excluding carboxylic acids is 5. The van der Waals surface area contributed by atoms with E-state index >= 15 is 4.39 Å². The van der Waals surface area contributed by atoms with Gasteiger partial charge in [-0.1, -0.05) is 39.8 Å². The van der Waals surface area contributed by atoms with Crippen LogP contribution in [-0.2, 0) is 47.7 Å². The Morgan fingerprint density at radius 3 is 2.28 bits per heavy atom. The minimum absolute atomic E-state index is 0.0233. The molecule has 0 spiro atoms. The van der Waals surface area contributed by atoms with Crippen LogP contribution >= 0.6 is 0 Å². The topological polar surface area (TPSA) is 193 Å². The molecule has 2 bridgehead atoms. The van der Waals surface area contributed by atoms with Crippen LogP contribution < -0.4 is 11.1 Å². The highest BCUT2D eigenvalue weighted by Crippen LogP contribution is 2.39. The second-order valence-electron chi connectivity index (χ2n) is 17.8. The van der Waals surface area contributed by atoms with Gasteiger partial charge < -0.3 is 44.7 Å². The van der Waals surface area contributed by atoms with E-state index in [1.54, 1.807) is 34.0 Å². The smallest absolute Gasteiger partial charge is 0.329 e. The zero-order chi connectivity index (χ0) is 44.5. The van der Waals surface area contributed by atoms with E-state index in [9.17, 15) is 29.1 Å². The van der Waals surface area contributed by atoms with Crippen LogP contribution in [-0.4, -0.2) is 128 Å². The van der Waals surface area contributed by atoms with E-state index in [4.69, 9.17) is 29.4 Å². The highest BCUT2D eigenvalue weighted by molar-refractivity contribution is 6.39. The number of cyclic esters (lactones) is 1. The number of nitrogens with zero attached hydrogens (tertiary/aromatic N) is 1. The Morgan fingerprint density at radius 2 is 1.65 bits per heavy atom. The van der Waals surface area contributed by atoms with Crippen molar-refractivity contribution in [3.05, 3.63) is 23.3 Å². The molecule has 4 aliphatic rings. The van der Waals surface area contributed by atoms with E-state index in [-0.39, 0.29) is 74.4 Å². The third-order valence-electron chi connectivity index (χ3n) is 13.5. The van der Waals surface area contributed by atoms with Crippen molar-refractivity contribution in [2.75, 3.05) is 34.4 Å². The Labute approximate surface area is 355 Å². The van der Waals surface area contributed by atoms with Gasteiger partial charge in [0.2, 0.25) is 11.7 Å². The van der Waals surface area contributed by atoms with Crippen LogP contribution in [0.1, 0.15) is 112 Å². The zero-order valence-corrected chi connectivity index (χ0v) is 37.3. The lowest BCUT2D eigenvalue weighted by atomic mass is 9.81. The van der Waals surface area contributed by atoms with Gasteiger partial charge in [-0.25, -0.2) is 9.18 Å². The number of rotatable bonds is 8. The molecule has 340 valence electrons. The first-order chi connectivity index (χ1) is 28.4. The maximum atomic E-state index is 16.2. The molecule has 14 unspecified atom stereocenters. The number of nitrogens with one attached hydrogen (secondary N) is 1. The Bertz CT molecular complexity index is 1570. The van der Waals surface area contributed by atoms with Gasteiger partial charge in [-0.3, -0.25) is 19.2 Å². The zero-order valence-electron chi connectivity index (χ0n) is 37.3. The minimum atomic E-state index is -2.58. The Kier molecular flexibility index (Phi) is 18.4. The first kappa shape index (κ1) is 49.6. The number of ketones is 2. The summed E-state index contributed by atoms with van der Waals surface area (Å²) in [5.41, 5.74) is 6.71. The number of aliphatic hydroxyl groups is 1. The van der Waals surface area contributed by atoms with Gasteiger partial charge in [0.15, 0.2) is 0 Å². The van der Waals surface area contributed by atoms with Crippen LogP contribution in [0.4, 0.5) is 4.39 Å². The number of hydrogen-bond donors (Lipinski definition) is 3. The van der Waals surface area contributed by atoms with Gasteiger partial charge in [0.05, 0.1) is 30.9 Å². The number of amides is 2. The molecule has 0 aromatic carbocycles. The number of carbonyl (C=O) groups is 5. The van der Waals surface area contributed by atoms with E-state index in [2.05, 4.69) is 11.4 Å². The lowest BCUT2D eigenvalue weighted by molar-refractivity contribution is -0.302. The van der Waals surface area contributed by atoms with Gasteiger partial charge >= 0.3 is 5.97 Å². The summed E-state index contributed by atoms with van der Waals surface area (Å²) in [5.74, 6) is -8.19. The summed E-state index contributed by atoms with van der Waals surface area (Å²) in [4.78, 5) is 69.9. The molecular weight excluding hydrogens is 778 g/mol. The second-order valence-corrected chi connectivity index (χ2v) is 17.8. The van der Waals surface area contributed by atoms with Gasteiger partial charge in [0, 0.05) is 46.1 Å². The molecule has 0 aromatic rings. The number of Topliss-reactive ketones (excluding diaryl/α,β-unsaturated/α-hetero) is 2. The third-order valence-corrected chi connectivity index (χ3v) is 13.5. The Morgan fingerprint density at radius 1 is 0.983 bits per heavy atom. The van der Waals surface area contributed by atoms with E-state index in [0.29, 0.717) is 44.1 Å². The van der Waals surface area contributed by atoms with Crippen LogP contribution in [0.5, 0.6) is 0 Å². The van der Waals surface area contributed by atoms with Gasteiger partial charge in [-0.2, -0.15) is 0 Å². The van der Waals surface area contributed by atoms with Crippen molar-refractivity contribution in [2.45, 2.75) is 167 Å². The van der Waals surface area contributed by atoms with Crippen molar-refractivity contribution in [2.24, 2.45) is 35.3 Å². The molecule has 3 aliphatic heterocycles. The van der Waals surface area contributed by atoms with E-state index in [1.807, 2.05) is 20.8 Å². The van der Waals surface area contributed by atoms with Crippen molar-refractivity contribution in [1.82, 2.24) is 10.2 Å². The third kappa shape index (κ3) is 11.7.